The van der Waals surface area contributed by atoms with Gasteiger partial charge in [0.25, 0.3) is 5.91 Å². The van der Waals surface area contributed by atoms with Crippen molar-refractivity contribution in [3.8, 4) is 5.75 Å². The maximum Gasteiger partial charge on any atom is 0.408 e. The monoisotopic (exact) mass is 615 g/mol. The molecule has 0 fully saturated rings. The summed E-state index contributed by atoms with van der Waals surface area (Å²) in [5.74, 6) is -0.0188. The first kappa shape index (κ1) is 35.2. The molecule has 0 radical (unpaired) electrons. The number of hydrogen-bond donors (Lipinski definition) is 2. The van der Waals surface area contributed by atoms with Crippen molar-refractivity contribution in [2.75, 3.05) is 19.0 Å². The first-order chi connectivity index (χ1) is 21.5. The largest absolute Gasteiger partial charge is 0.497 e. The molecular weight excluding hydrogens is 566 g/mol. The maximum atomic E-state index is 14.7. The second-order valence-electron chi connectivity index (χ2n) is 12.3. The zero-order valence-electron chi connectivity index (χ0n) is 27.6. The molecule has 2 unspecified atom stereocenters. The molecule has 0 bridgehead atoms. The highest BCUT2D eigenvalue weighted by Gasteiger charge is 2.37. The minimum absolute atomic E-state index is 0.242. The van der Waals surface area contributed by atoms with Crippen LogP contribution in [0.1, 0.15) is 82.5 Å². The normalized spacial score (nSPS) is 12.5. The maximum absolute atomic E-state index is 14.7. The Morgan fingerprint density at radius 1 is 0.844 bits per heavy atom. The Balaban J connectivity index is 2.05. The fraction of sp³-hybridized carbons (Fsp3) is 0.432. The lowest BCUT2D eigenvalue weighted by atomic mass is 9.96. The Kier molecular flexibility index (Phi) is 13.5. The van der Waals surface area contributed by atoms with Crippen molar-refractivity contribution in [1.82, 2.24) is 10.2 Å². The van der Waals surface area contributed by atoms with Gasteiger partial charge in [-0.1, -0.05) is 87.2 Å². The summed E-state index contributed by atoms with van der Waals surface area (Å²) in [6, 6.07) is 22.3. The van der Waals surface area contributed by atoms with Gasteiger partial charge in [0.15, 0.2) is 0 Å². The van der Waals surface area contributed by atoms with Crippen molar-refractivity contribution in [3.63, 3.8) is 0 Å². The molecule has 0 saturated carbocycles. The molecule has 0 saturated heterocycles. The lowest BCUT2D eigenvalue weighted by molar-refractivity contribution is -0.140. The third-order valence-electron chi connectivity index (χ3n) is 7.46. The van der Waals surface area contributed by atoms with Crippen molar-refractivity contribution in [1.29, 1.82) is 0 Å². The van der Waals surface area contributed by atoms with Crippen molar-refractivity contribution in [2.24, 2.45) is 0 Å². The van der Waals surface area contributed by atoms with E-state index in [2.05, 4.69) is 17.6 Å². The fourth-order valence-corrected chi connectivity index (χ4v) is 5.18. The number of nitrogens with one attached hydrogen (secondary N) is 2. The number of amides is 3. The quantitative estimate of drug-likeness (QED) is 0.172. The Labute approximate surface area is 268 Å². The number of anilines is 1. The minimum atomic E-state index is -0.960. The molecule has 0 aliphatic heterocycles. The molecule has 3 rings (SSSR count). The average Bonchev–Trinajstić information content (AvgIpc) is 3.00. The number of hydrogen-bond acceptors (Lipinski definition) is 5. The molecule has 0 heterocycles. The topological polar surface area (TPSA) is 97.0 Å². The van der Waals surface area contributed by atoms with Crippen LogP contribution in [0.2, 0.25) is 0 Å². The molecule has 2 N–H and O–H groups in total. The number of benzene rings is 3. The molecule has 0 spiro atoms. The Bertz CT molecular complexity index is 1370. The van der Waals surface area contributed by atoms with E-state index < -0.39 is 23.8 Å². The molecule has 0 aliphatic rings. The van der Waals surface area contributed by atoms with E-state index >= 15 is 0 Å². The molecule has 3 aromatic rings. The summed E-state index contributed by atoms with van der Waals surface area (Å²) in [5, 5.41) is 5.86. The lowest BCUT2D eigenvalue weighted by Crippen LogP contribution is -2.53. The number of rotatable bonds is 15. The highest BCUT2D eigenvalue weighted by Crippen LogP contribution is 2.28. The van der Waals surface area contributed by atoms with Gasteiger partial charge in [0.1, 0.15) is 23.4 Å². The van der Waals surface area contributed by atoms with E-state index in [4.69, 9.17) is 9.47 Å². The Hall–Kier alpha value is -4.33. The van der Waals surface area contributed by atoms with Crippen LogP contribution in [-0.2, 0) is 20.7 Å². The van der Waals surface area contributed by atoms with Crippen LogP contribution < -0.4 is 15.4 Å². The average molecular weight is 616 g/mol. The van der Waals surface area contributed by atoms with Crippen molar-refractivity contribution in [3.05, 3.63) is 95.6 Å². The van der Waals surface area contributed by atoms with Crippen LogP contribution in [0, 0.1) is 6.92 Å². The van der Waals surface area contributed by atoms with E-state index in [1.54, 1.807) is 57.0 Å². The first-order valence-corrected chi connectivity index (χ1v) is 15.9. The molecule has 2 atom stereocenters. The highest BCUT2D eigenvalue weighted by molar-refractivity contribution is 5.99. The van der Waals surface area contributed by atoms with Gasteiger partial charge in [-0.05, 0) is 75.1 Å². The molecule has 242 valence electrons. The van der Waals surface area contributed by atoms with Gasteiger partial charge < -0.3 is 25.0 Å². The summed E-state index contributed by atoms with van der Waals surface area (Å²) in [7, 11) is 1.59. The number of alkyl carbamates (subject to hydrolysis) is 1. The number of ether oxygens (including phenoxy) is 2. The fourth-order valence-electron chi connectivity index (χ4n) is 5.18. The molecule has 0 aliphatic carbocycles. The van der Waals surface area contributed by atoms with Gasteiger partial charge in [-0.15, -0.1) is 0 Å². The van der Waals surface area contributed by atoms with E-state index in [1.807, 2.05) is 61.5 Å². The summed E-state index contributed by atoms with van der Waals surface area (Å²) < 4.78 is 10.8. The van der Waals surface area contributed by atoms with E-state index in [0.29, 0.717) is 24.4 Å². The van der Waals surface area contributed by atoms with Crippen molar-refractivity contribution >= 4 is 23.6 Å². The summed E-state index contributed by atoms with van der Waals surface area (Å²) in [6.07, 6.45) is 4.42. The van der Waals surface area contributed by atoms with Gasteiger partial charge in [-0.2, -0.15) is 0 Å². The summed E-state index contributed by atoms with van der Waals surface area (Å²) >= 11 is 0. The molecule has 3 aromatic carbocycles. The van der Waals surface area contributed by atoms with Gasteiger partial charge in [-0.3, -0.25) is 9.59 Å². The summed E-state index contributed by atoms with van der Waals surface area (Å²) in [4.78, 5) is 43.6. The van der Waals surface area contributed by atoms with Crippen LogP contribution in [0.25, 0.3) is 0 Å². The van der Waals surface area contributed by atoms with Gasteiger partial charge in [0, 0.05) is 18.7 Å². The van der Waals surface area contributed by atoms with E-state index in [9.17, 15) is 14.4 Å². The van der Waals surface area contributed by atoms with E-state index in [-0.39, 0.29) is 18.2 Å². The van der Waals surface area contributed by atoms with Crippen LogP contribution in [0.3, 0.4) is 0 Å². The van der Waals surface area contributed by atoms with Crippen molar-refractivity contribution in [2.45, 2.75) is 90.8 Å². The predicted octanol–water partition coefficient (Wildman–Crippen LogP) is 7.62. The minimum Gasteiger partial charge on any atom is -0.497 e. The Morgan fingerprint density at radius 2 is 1.49 bits per heavy atom. The smallest absolute Gasteiger partial charge is 0.408 e. The number of aryl methyl sites for hydroxylation is 1. The van der Waals surface area contributed by atoms with Crippen LogP contribution in [0.4, 0.5) is 10.5 Å². The number of nitrogens with zero attached hydrogens (tertiary/aromatic N) is 1. The molecule has 8 nitrogen and oxygen atoms in total. The number of unbranched alkanes of at least 4 members (excludes halogenated alkanes) is 4. The predicted molar refractivity (Wildman–Crippen MR) is 179 cm³/mol. The molecular formula is C37H49N3O5. The lowest BCUT2D eigenvalue weighted by Gasteiger charge is -2.35. The zero-order valence-corrected chi connectivity index (χ0v) is 27.6. The van der Waals surface area contributed by atoms with Gasteiger partial charge in [0.2, 0.25) is 5.91 Å². The van der Waals surface area contributed by atoms with Gasteiger partial charge in [-0.25, -0.2) is 4.79 Å². The molecule has 0 aromatic heterocycles. The first-order valence-electron chi connectivity index (χ1n) is 15.9. The van der Waals surface area contributed by atoms with E-state index in [0.717, 1.165) is 42.4 Å². The highest BCUT2D eigenvalue weighted by atomic mass is 16.6. The summed E-state index contributed by atoms with van der Waals surface area (Å²) in [5.41, 5.74) is 2.33. The SMILES string of the molecule is CCCCCCCN(C(=O)C(Cc1ccccc1)NC(=O)OC(C)(C)C)C(C(=O)Nc1ccc(OC)cc1)c1ccccc1C. The molecule has 3 amide bonds. The standard InChI is InChI=1S/C37H49N3O5/c1-7-8-9-10-16-25-40(35(42)32(26-28-18-12-11-13-19-28)39-36(43)45-37(3,4)5)33(31-20-15-14-17-27(31)2)34(41)38-29-21-23-30(44-6)24-22-29/h11-15,17-24,32-33H,7-10,16,25-26H2,1-6H3,(H,38,41)(H,39,43). The van der Waals surface area contributed by atoms with Crippen LogP contribution >= 0.6 is 0 Å². The van der Waals surface area contributed by atoms with Crippen LogP contribution in [0.15, 0.2) is 78.9 Å². The number of carbonyl (C=O) groups is 3. The third kappa shape index (κ3) is 11.3. The van der Waals surface area contributed by atoms with Crippen LogP contribution in [-0.4, -0.2) is 48.1 Å². The van der Waals surface area contributed by atoms with Crippen LogP contribution in [0.5, 0.6) is 5.75 Å². The Morgan fingerprint density at radius 3 is 2.11 bits per heavy atom. The zero-order chi connectivity index (χ0) is 32.8. The summed E-state index contributed by atoms with van der Waals surface area (Å²) in [6.45, 7) is 9.78. The van der Waals surface area contributed by atoms with Gasteiger partial charge in [0.05, 0.1) is 7.11 Å². The van der Waals surface area contributed by atoms with Gasteiger partial charge >= 0.3 is 6.09 Å². The second-order valence-corrected chi connectivity index (χ2v) is 12.3. The number of methoxy groups -OCH3 is 1. The van der Waals surface area contributed by atoms with E-state index in [1.165, 1.54) is 0 Å². The number of carbonyl (C=O) groups excluding carboxylic acids is 3. The van der Waals surface area contributed by atoms with Crippen molar-refractivity contribution < 1.29 is 23.9 Å². The molecule has 45 heavy (non-hydrogen) atoms. The molecule has 8 heteroatoms. The second kappa shape index (κ2) is 17.2. The third-order valence-corrected chi connectivity index (χ3v) is 7.46.